The van der Waals surface area contributed by atoms with Gasteiger partial charge in [0.1, 0.15) is 0 Å². The van der Waals surface area contributed by atoms with Crippen molar-refractivity contribution in [3.05, 3.63) is 78.2 Å². The lowest BCUT2D eigenvalue weighted by molar-refractivity contribution is 0.186. The molecule has 7 rings (SSSR count). The highest BCUT2D eigenvalue weighted by atomic mass is 32.2. The topological polar surface area (TPSA) is 59.5 Å². The third-order valence-corrected chi connectivity index (χ3v) is 10.5. The van der Waals surface area contributed by atoms with E-state index in [2.05, 4.69) is 57.8 Å². The Morgan fingerprint density at radius 3 is 2.49 bits per heavy atom. The van der Waals surface area contributed by atoms with E-state index in [1.165, 1.54) is 33.8 Å². The Labute approximate surface area is 214 Å². The SMILES string of the molecule is N[C@@H]1c2ccccc2CC12CCN(c1ncc(Sc3ccccc3SC3CC3)c3nccn13)CC2. The maximum Gasteiger partial charge on any atom is 0.211 e. The van der Waals surface area contributed by atoms with Crippen molar-refractivity contribution in [2.75, 3.05) is 18.0 Å². The highest BCUT2D eigenvalue weighted by Crippen LogP contribution is 2.51. The molecule has 35 heavy (non-hydrogen) atoms. The third-order valence-electron chi connectivity index (χ3n) is 7.90. The van der Waals surface area contributed by atoms with Gasteiger partial charge in [-0.25, -0.2) is 9.97 Å². The molecule has 0 radical (unpaired) electrons. The quantitative estimate of drug-likeness (QED) is 0.365. The fraction of sp³-hybridized carbons (Fsp3) is 0.357. The first-order chi connectivity index (χ1) is 17.2. The summed E-state index contributed by atoms with van der Waals surface area (Å²) in [5.74, 6) is 0.987. The smallest absolute Gasteiger partial charge is 0.211 e. The molecule has 1 atom stereocenters. The minimum atomic E-state index is 0.134. The van der Waals surface area contributed by atoms with Crippen LogP contribution < -0.4 is 10.6 Å². The van der Waals surface area contributed by atoms with Gasteiger partial charge >= 0.3 is 0 Å². The number of nitrogens with zero attached hydrogens (tertiary/aromatic N) is 4. The van der Waals surface area contributed by atoms with E-state index in [1.54, 1.807) is 11.8 Å². The Morgan fingerprint density at radius 1 is 0.914 bits per heavy atom. The first-order valence-electron chi connectivity index (χ1n) is 12.5. The van der Waals surface area contributed by atoms with Crippen molar-refractivity contribution in [1.29, 1.82) is 0 Å². The zero-order valence-corrected chi connectivity index (χ0v) is 21.3. The van der Waals surface area contributed by atoms with E-state index in [0.29, 0.717) is 0 Å². The van der Waals surface area contributed by atoms with Gasteiger partial charge in [0.2, 0.25) is 5.95 Å². The third kappa shape index (κ3) is 3.85. The van der Waals surface area contributed by atoms with Gasteiger partial charge in [-0.05, 0) is 60.8 Å². The van der Waals surface area contributed by atoms with Crippen molar-refractivity contribution in [2.24, 2.45) is 11.1 Å². The van der Waals surface area contributed by atoms with Crippen LogP contribution in [-0.2, 0) is 6.42 Å². The minimum Gasteiger partial charge on any atom is -0.342 e. The number of piperidine rings is 1. The predicted octanol–water partition coefficient (Wildman–Crippen LogP) is 5.98. The molecule has 1 spiro atoms. The number of fused-ring (bicyclic) bond motifs is 2. The summed E-state index contributed by atoms with van der Waals surface area (Å²) in [5.41, 5.74) is 10.7. The highest BCUT2D eigenvalue weighted by molar-refractivity contribution is 8.02. The van der Waals surface area contributed by atoms with E-state index >= 15 is 0 Å². The monoisotopic (exact) mass is 499 g/mol. The highest BCUT2D eigenvalue weighted by Gasteiger charge is 2.46. The second-order valence-corrected chi connectivity index (χ2v) is 12.5. The average molecular weight is 500 g/mol. The summed E-state index contributed by atoms with van der Waals surface area (Å²) in [4.78, 5) is 15.9. The molecule has 5 nitrogen and oxygen atoms in total. The average Bonchev–Trinajstić information content (AvgIpc) is 3.48. The summed E-state index contributed by atoms with van der Waals surface area (Å²) < 4.78 is 2.17. The Bertz CT molecular complexity index is 1390. The molecule has 178 valence electrons. The second-order valence-electron chi connectivity index (χ2n) is 10.1. The summed E-state index contributed by atoms with van der Waals surface area (Å²) in [5, 5.41) is 0.784. The van der Waals surface area contributed by atoms with Gasteiger partial charge in [0, 0.05) is 52.8 Å². The number of benzene rings is 2. The van der Waals surface area contributed by atoms with E-state index < -0.39 is 0 Å². The first kappa shape index (κ1) is 21.8. The van der Waals surface area contributed by atoms with E-state index in [0.717, 1.165) is 54.1 Å². The molecular weight excluding hydrogens is 470 g/mol. The standard InChI is InChI=1S/C28H29N5S2/c29-25-21-6-2-1-5-19(21)17-28(25)11-14-32(15-12-28)27-31-18-24(26-30-13-16-33(26)27)35-23-8-4-3-7-22(23)34-20-9-10-20/h1-8,13,16,18,20,25H,9-12,14-15,17,29H2/t25-/m1/s1. The van der Waals surface area contributed by atoms with Gasteiger partial charge in [0.15, 0.2) is 5.65 Å². The lowest BCUT2D eigenvalue weighted by Gasteiger charge is -2.42. The maximum absolute atomic E-state index is 6.80. The normalized spacial score (nSPS) is 21.1. The number of imidazole rings is 1. The number of hydrogen-bond acceptors (Lipinski definition) is 6. The Hall–Kier alpha value is -2.48. The zero-order valence-electron chi connectivity index (χ0n) is 19.6. The molecular formula is C28H29N5S2. The molecule has 0 bridgehead atoms. The molecule has 4 aromatic rings. The van der Waals surface area contributed by atoms with Crippen molar-refractivity contribution < 1.29 is 0 Å². The molecule has 1 saturated carbocycles. The largest absolute Gasteiger partial charge is 0.342 e. The molecule has 0 unspecified atom stereocenters. The van der Waals surface area contributed by atoms with Crippen LogP contribution in [0.1, 0.15) is 42.9 Å². The van der Waals surface area contributed by atoms with Crippen LogP contribution in [0.2, 0.25) is 0 Å². The Balaban J connectivity index is 1.13. The van der Waals surface area contributed by atoms with Gasteiger partial charge in [0.25, 0.3) is 0 Å². The van der Waals surface area contributed by atoms with Gasteiger partial charge in [-0.2, -0.15) is 0 Å². The van der Waals surface area contributed by atoms with Crippen LogP contribution in [0.5, 0.6) is 0 Å². The molecule has 1 saturated heterocycles. The van der Waals surface area contributed by atoms with Crippen molar-refractivity contribution >= 4 is 35.1 Å². The Kier molecular flexibility index (Phi) is 5.33. The number of thioether (sulfide) groups is 1. The summed E-state index contributed by atoms with van der Waals surface area (Å²) in [6.07, 6.45) is 11.9. The van der Waals surface area contributed by atoms with E-state index in [-0.39, 0.29) is 11.5 Å². The number of rotatable bonds is 5. The lowest BCUT2D eigenvalue weighted by Crippen LogP contribution is -2.45. The van der Waals surface area contributed by atoms with Crippen LogP contribution in [0, 0.1) is 5.41 Å². The number of anilines is 1. The van der Waals surface area contributed by atoms with Gasteiger partial charge in [0.05, 0.1) is 4.90 Å². The maximum atomic E-state index is 6.80. The molecule has 0 amide bonds. The van der Waals surface area contributed by atoms with Crippen LogP contribution in [0.15, 0.2) is 81.8 Å². The molecule has 2 aliphatic carbocycles. The summed E-state index contributed by atoms with van der Waals surface area (Å²) in [7, 11) is 0. The number of hydrogen-bond donors (Lipinski definition) is 1. The summed E-state index contributed by atoms with van der Waals surface area (Å²) >= 11 is 3.79. The van der Waals surface area contributed by atoms with Crippen LogP contribution in [-0.4, -0.2) is 32.7 Å². The van der Waals surface area contributed by atoms with Crippen molar-refractivity contribution in [1.82, 2.24) is 14.4 Å². The molecule has 3 heterocycles. The molecule has 2 aromatic carbocycles. The fourth-order valence-corrected chi connectivity index (χ4v) is 8.00. The van der Waals surface area contributed by atoms with Crippen LogP contribution >= 0.6 is 23.5 Å². The van der Waals surface area contributed by atoms with Crippen molar-refractivity contribution in [3.63, 3.8) is 0 Å². The van der Waals surface area contributed by atoms with Gasteiger partial charge in [-0.3, -0.25) is 4.40 Å². The van der Waals surface area contributed by atoms with Crippen molar-refractivity contribution in [3.8, 4) is 0 Å². The zero-order chi connectivity index (χ0) is 23.4. The number of nitrogens with two attached hydrogens (primary N) is 1. The molecule has 2 aromatic heterocycles. The predicted molar refractivity (Wildman–Crippen MR) is 143 cm³/mol. The lowest BCUT2D eigenvalue weighted by atomic mass is 9.73. The van der Waals surface area contributed by atoms with Gasteiger partial charge in [-0.1, -0.05) is 48.2 Å². The van der Waals surface area contributed by atoms with E-state index in [4.69, 9.17) is 15.7 Å². The van der Waals surface area contributed by atoms with Crippen LogP contribution in [0.3, 0.4) is 0 Å². The van der Waals surface area contributed by atoms with Crippen molar-refractivity contribution in [2.45, 2.75) is 58.1 Å². The fourth-order valence-electron chi connectivity index (χ4n) is 5.76. The van der Waals surface area contributed by atoms with Gasteiger partial charge in [-0.15, -0.1) is 11.8 Å². The second kappa shape index (κ2) is 8.57. The molecule has 2 N–H and O–H groups in total. The molecule has 7 heteroatoms. The first-order valence-corrected chi connectivity index (χ1v) is 14.2. The van der Waals surface area contributed by atoms with E-state index in [9.17, 15) is 0 Å². The summed E-state index contributed by atoms with van der Waals surface area (Å²) in [6, 6.07) is 17.6. The Morgan fingerprint density at radius 2 is 1.69 bits per heavy atom. The summed E-state index contributed by atoms with van der Waals surface area (Å²) in [6.45, 7) is 1.94. The minimum absolute atomic E-state index is 0.134. The van der Waals surface area contributed by atoms with Crippen LogP contribution in [0.25, 0.3) is 5.65 Å². The molecule has 3 aliphatic rings. The van der Waals surface area contributed by atoms with Crippen LogP contribution in [0.4, 0.5) is 5.95 Å². The molecule has 2 fully saturated rings. The number of aromatic nitrogens is 3. The molecule has 1 aliphatic heterocycles. The van der Waals surface area contributed by atoms with E-state index in [1.807, 2.05) is 30.4 Å². The van der Waals surface area contributed by atoms with Gasteiger partial charge < -0.3 is 10.6 Å².